The average Bonchev–Trinajstić information content (AvgIpc) is 3.91. The monoisotopic (exact) mass is 823 g/mol. The molecule has 0 N–H and O–H groups in total. The Morgan fingerprint density at radius 3 is 1.68 bits per heavy atom. The van der Waals surface area contributed by atoms with Crippen molar-refractivity contribution in [1.29, 1.82) is 0 Å². The summed E-state index contributed by atoms with van der Waals surface area (Å²) in [5, 5.41) is 4.99. The van der Waals surface area contributed by atoms with Gasteiger partial charge in [0.1, 0.15) is 11.6 Å². The maximum Gasteiger partial charge on any atom is 0.163 e. The standard InChI is InChI=1S/C57H37N5S/c1-5-17-37(18-6-1)44-30-29-41(34-48(44)38-19-7-2-8-20-38)43-33-42(35-52-59-55(39-21-9-3-10-22-39)61-56(60-52)40-23-11-4-12-24-40)57(58-36-43)62-49-27-15-13-26-47(49)53-50(62)32-31-46-45-25-14-16-28-51(45)63-54(46)53/h1-34,36H,35H2. The Morgan fingerprint density at radius 1 is 0.413 bits per heavy atom. The summed E-state index contributed by atoms with van der Waals surface area (Å²) in [4.78, 5) is 20.8. The molecule has 0 fully saturated rings. The highest BCUT2D eigenvalue weighted by atomic mass is 32.1. The number of aromatic nitrogens is 5. The molecule has 0 bridgehead atoms. The number of rotatable bonds is 8. The van der Waals surface area contributed by atoms with E-state index >= 15 is 0 Å². The van der Waals surface area contributed by atoms with Gasteiger partial charge in [0.2, 0.25) is 0 Å². The van der Waals surface area contributed by atoms with Crippen LogP contribution in [0.2, 0.25) is 0 Å². The van der Waals surface area contributed by atoms with Crippen LogP contribution < -0.4 is 0 Å². The maximum atomic E-state index is 5.46. The molecule has 0 unspecified atom stereocenters. The molecule has 0 aliphatic heterocycles. The Hall–Kier alpha value is -8.06. The summed E-state index contributed by atoms with van der Waals surface area (Å²) < 4.78 is 4.91. The van der Waals surface area contributed by atoms with Gasteiger partial charge in [0, 0.05) is 65.8 Å². The molecule has 0 aliphatic carbocycles. The van der Waals surface area contributed by atoms with Gasteiger partial charge < -0.3 is 0 Å². The molecule has 6 heteroatoms. The van der Waals surface area contributed by atoms with E-state index in [0.29, 0.717) is 23.9 Å². The van der Waals surface area contributed by atoms with Gasteiger partial charge >= 0.3 is 0 Å². The third-order valence-electron chi connectivity index (χ3n) is 12.0. The molecule has 0 aliphatic rings. The second-order valence-electron chi connectivity index (χ2n) is 15.8. The van der Waals surface area contributed by atoms with Gasteiger partial charge in [-0.05, 0) is 58.1 Å². The van der Waals surface area contributed by atoms with Gasteiger partial charge in [0.15, 0.2) is 11.6 Å². The predicted molar refractivity (Wildman–Crippen MR) is 261 cm³/mol. The molecular formula is C57H37N5S. The second kappa shape index (κ2) is 15.4. The Balaban J connectivity index is 1.10. The molecule has 0 saturated carbocycles. The first-order valence-corrected chi connectivity index (χ1v) is 22.0. The van der Waals surface area contributed by atoms with Crippen LogP contribution in [0.1, 0.15) is 11.4 Å². The third kappa shape index (κ3) is 6.56. The smallest absolute Gasteiger partial charge is 0.163 e. The summed E-state index contributed by atoms with van der Waals surface area (Å²) in [6.45, 7) is 0. The van der Waals surface area contributed by atoms with E-state index in [1.54, 1.807) is 0 Å². The van der Waals surface area contributed by atoms with E-state index in [2.05, 4.69) is 174 Å². The van der Waals surface area contributed by atoms with Gasteiger partial charge in [-0.2, -0.15) is 0 Å². The van der Waals surface area contributed by atoms with Crippen LogP contribution in [0.3, 0.4) is 0 Å². The Kier molecular flexibility index (Phi) is 9.01. The van der Waals surface area contributed by atoms with E-state index in [1.807, 2.05) is 53.9 Å². The van der Waals surface area contributed by atoms with Crippen LogP contribution in [0.15, 0.2) is 212 Å². The van der Waals surface area contributed by atoms with E-state index in [1.165, 1.54) is 42.1 Å². The first-order chi connectivity index (χ1) is 31.2. The summed E-state index contributed by atoms with van der Waals surface area (Å²) in [5.41, 5.74) is 11.9. The van der Waals surface area contributed by atoms with Crippen LogP contribution >= 0.6 is 11.3 Å². The quantitative estimate of drug-likeness (QED) is 0.153. The van der Waals surface area contributed by atoms with Gasteiger partial charge in [-0.3, -0.25) is 4.57 Å². The van der Waals surface area contributed by atoms with Gasteiger partial charge in [0.05, 0.1) is 11.0 Å². The van der Waals surface area contributed by atoms with Gasteiger partial charge in [-0.25, -0.2) is 19.9 Å². The minimum Gasteiger partial charge on any atom is -0.293 e. The zero-order valence-electron chi connectivity index (χ0n) is 34.1. The van der Waals surface area contributed by atoms with Gasteiger partial charge in [0.25, 0.3) is 0 Å². The van der Waals surface area contributed by atoms with Crippen LogP contribution in [-0.4, -0.2) is 24.5 Å². The normalized spacial score (nSPS) is 11.6. The summed E-state index contributed by atoms with van der Waals surface area (Å²) >= 11 is 1.86. The molecule has 296 valence electrons. The molecule has 4 heterocycles. The molecule has 0 radical (unpaired) electrons. The van der Waals surface area contributed by atoms with Crippen molar-refractivity contribution in [2.24, 2.45) is 0 Å². The van der Waals surface area contributed by atoms with Gasteiger partial charge in [-0.1, -0.05) is 176 Å². The fourth-order valence-corrected chi connectivity index (χ4v) is 10.3. The van der Waals surface area contributed by atoms with Crippen molar-refractivity contribution in [2.45, 2.75) is 6.42 Å². The van der Waals surface area contributed by atoms with Crippen molar-refractivity contribution in [3.8, 4) is 62.0 Å². The van der Waals surface area contributed by atoms with Crippen molar-refractivity contribution in [3.63, 3.8) is 0 Å². The number of thiophene rings is 1. The van der Waals surface area contributed by atoms with Crippen LogP contribution in [0.25, 0.3) is 104 Å². The third-order valence-corrected chi connectivity index (χ3v) is 13.2. The lowest BCUT2D eigenvalue weighted by atomic mass is 9.91. The fraction of sp³-hybridized carbons (Fsp3) is 0.0175. The molecule has 12 aromatic rings. The summed E-state index contributed by atoms with van der Waals surface area (Å²) in [6.07, 6.45) is 2.45. The van der Waals surface area contributed by atoms with Crippen molar-refractivity contribution < 1.29 is 0 Å². The summed E-state index contributed by atoms with van der Waals surface area (Å²) in [7, 11) is 0. The molecule has 8 aromatic carbocycles. The SMILES string of the molecule is c1ccc(-c2nc(Cc3cc(-c4ccc(-c5ccccc5)c(-c5ccccc5)c4)cnc3-n3c4ccccc4c4c5sc6ccccc6c5ccc43)nc(-c3ccccc3)n2)cc1. The lowest BCUT2D eigenvalue weighted by molar-refractivity contribution is 0.914. The first-order valence-electron chi connectivity index (χ1n) is 21.2. The average molecular weight is 824 g/mol. The second-order valence-corrected chi connectivity index (χ2v) is 16.8. The fourth-order valence-electron chi connectivity index (χ4n) is 9.01. The number of fused-ring (bicyclic) bond motifs is 7. The van der Waals surface area contributed by atoms with Crippen LogP contribution in [0.4, 0.5) is 0 Å². The Labute approximate surface area is 368 Å². The largest absolute Gasteiger partial charge is 0.293 e. The van der Waals surface area contributed by atoms with E-state index < -0.39 is 0 Å². The highest BCUT2D eigenvalue weighted by Crippen LogP contribution is 2.44. The van der Waals surface area contributed by atoms with Crippen molar-refractivity contribution in [2.75, 3.05) is 0 Å². The zero-order valence-corrected chi connectivity index (χ0v) is 34.9. The molecule has 63 heavy (non-hydrogen) atoms. The molecule has 4 aromatic heterocycles. The number of pyridine rings is 1. The lowest BCUT2D eigenvalue weighted by Gasteiger charge is -2.16. The summed E-state index contributed by atoms with van der Waals surface area (Å²) in [5.74, 6) is 2.79. The molecule has 5 nitrogen and oxygen atoms in total. The van der Waals surface area contributed by atoms with Crippen LogP contribution in [-0.2, 0) is 6.42 Å². The Morgan fingerprint density at radius 2 is 1.00 bits per heavy atom. The van der Waals surface area contributed by atoms with E-state index in [9.17, 15) is 0 Å². The minimum absolute atomic E-state index is 0.422. The van der Waals surface area contributed by atoms with Crippen molar-refractivity contribution >= 4 is 53.3 Å². The zero-order chi connectivity index (χ0) is 41.7. The minimum atomic E-state index is 0.422. The molecular weight excluding hydrogens is 787 g/mol. The molecule has 0 saturated heterocycles. The lowest BCUT2D eigenvalue weighted by Crippen LogP contribution is -2.08. The van der Waals surface area contributed by atoms with E-state index in [0.717, 1.165) is 55.8 Å². The number of nitrogens with zero attached hydrogens (tertiary/aromatic N) is 5. The van der Waals surface area contributed by atoms with Gasteiger partial charge in [-0.15, -0.1) is 11.3 Å². The highest BCUT2D eigenvalue weighted by Gasteiger charge is 2.22. The molecule has 0 amide bonds. The summed E-state index contributed by atoms with van der Waals surface area (Å²) in [6, 6.07) is 72.6. The number of para-hydroxylation sites is 1. The first kappa shape index (κ1) is 36.8. The molecule has 12 rings (SSSR count). The number of hydrogen-bond donors (Lipinski definition) is 0. The van der Waals surface area contributed by atoms with Crippen LogP contribution in [0.5, 0.6) is 0 Å². The van der Waals surface area contributed by atoms with E-state index in [4.69, 9.17) is 19.9 Å². The van der Waals surface area contributed by atoms with Crippen LogP contribution in [0, 0.1) is 0 Å². The predicted octanol–water partition coefficient (Wildman–Crippen LogP) is 14.7. The number of benzene rings is 8. The van der Waals surface area contributed by atoms with Crippen molar-refractivity contribution in [1.82, 2.24) is 24.5 Å². The Bertz CT molecular complexity index is 3580. The maximum absolute atomic E-state index is 5.46. The topological polar surface area (TPSA) is 56.5 Å². The number of hydrogen-bond acceptors (Lipinski definition) is 5. The molecule has 0 spiro atoms. The van der Waals surface area contributed by atoms with Crippen molar-refractivity contribution in [3.05, 3.63) is 224 Å². The van der Waals surface area contributed by atoms with E-state index in [-0.39, 0.29) is 0 Å². The highest BCUT2D eigenvalue weighted by molar-refractivity contribution is 7.26. The molecule has 0 atom stereocenters.